The summed E-state index contributed by atoms with van der Waals surface area (Å²) < 4.78 is 5.36. The molecule has 3 heteroatoms. The second-order valence-corrected chi connectivity index (χ2v) is 7.57. The first kappa shape index (κ1) is 17.0. The Balaban J connectivity index is 1.77. The van der Waals surface area contributed by atoms with E-state index in [0.717, 1.165) is 17.3 Å². The highest BCUT2D eigenvalue weighted by Gasteiger charge is 2.33. The van der Waals surface area contributed by atoms with Gasteiger partial charge in [0, 0.05) is 17.2 Å². The van der Waals surface area contributed by atoms with Crippen molar-refractivity contribution in [1.82, 2.24) is 0 Å². The summed E-state index contributed by atoms with van der Waals surface area (Å²) in [6, 6.07) is 30.9. The highest BCUT2D eigenvalue weighted by atomic mass is 32.2. The fourth-order valence-electron chi connectivity index (χ4n) is 3.65. The highest BCUT2D eigenvalue weighted by molar-refractivity contribution is 7.99. The van der Waals surface area contributed by atoms with E-state index >= 15 is 0 Å². The van der Waals surface area contributed by atoms with Crippen LogP contribution in [0.15, 0.2) is 84.9 Å². The van der Waals surface area contributed by atoms with Gasteiger partial charge in [0.15, 0.2) is 0 Å². The lowest BCUT2D eigenvalue weighted by Gasteiger charge is -2.44. The van der Waals surface area contributed by atoms with Gasteiger partial charge in [0.25, 0.3) is 0 Å². The first-order chi connectivity index (χ1) is 12.9. The minimum absolute atomic E-state index is 0.355. The monoisotopic (exact) mass is 361 g/mol. The number of thioether (sulfide) groups is 1. The molecule has 3 aromatic rings. The van der Waals surface area contributed by atoms with Crippen molar-refractivity contribution in [2.75, 3.05) is 23.5 Å². The van der Waals surface area contributed by atoms with Crippen molar-refractivity contribution in [3.63, 3.8) is 0 Å². The van der Waals surface area contributed by atoms with Gasteiger partial charge < -0.3 is 9.64 Å². The molecule has 3 aromatic carbocycles. The van der Waals surface area contributed by atoms with E-state index in [0.29, 0.717) is 12.1 Å². The SMILES string of the molecule is COc1ccc(N2C(c3ccccc3)CSCC2c2ccccc2)cc1. The summed E-state index contributed by atoms with van der Waals surface area (Å²) >= 11 is 2.04. The van der Waals surface area contributed by atoms with Crippen LogP contribution in [0.25, 0.3) is 0 Å². The molecule has 0 N–H and O–H groups in total. The van der Waals surface area contributed by atoms with E-state index in [1.165, 1.54) is 16.8 Å². The second-order valence-electron chi connectivity index (χ2n) is 6.50. The first-order valence-corrected chi connectivity index (χ1v) is 10.1. The number of anilines is 1. The third kappa shape index (κ3) is 3.45. The van der Waals surface area contributed by atoms with E-state index < -0.39 is 0 Å². The van der Waals surface area contributed by atoms with Crippen LogP contribution in [0.5, 0.6) is 5.75 Å². The summed E-state index contributed by atoms with van der Waals surface area (Å²) in [6.45, 7) is 0. The fraction of sp³-hybridized carbons (Fsp3) is 0.217. The van der Waals surface area contributed by atoms with E-state index in [-0.39, 0.29) is 0 Å². The third-order valence-corrected chi connectivity index (χ3v) is 6.07. The van der Waals surface area contributed by atoms with Crippen molar-refractivity contribution >= 4 is 17.4 Å². The molecule has 1 heterocycles. The van der Waals surface area contributed by atoms with Crippen molar-refractivity contribution in [2.24, 2.45) is 0 Å². The van der Waals surface area contributed by atoms with Gasteiger partial charge in [-0.25, -0.2) is 0 Å². The minimum atomic E-state index is 0.355. The summed E-state index contributed by atoms with van der Waals surface area (Å²) in [7, 11) is 1.71. The fourth-order valence-corrected chi connectivity index (χ4v) is 4.94. The molecule has 132 valence electrons. The standard InChI is InChI=1S/C23H23NOS/c1-25-21-14-12-20(13-15-21)24-22(18-8-4-2-5-9-18)16-26-17-23(24)19-10-6-3-7-11-19/h2-15,22-23H,16-17H2,1H3. The summed E-state index contributed by atoms with van der Waals surface area (Å²) in [5.41, 5.74) is 3.99. The Morgan fingerprint density at radius 1 is 0.731 bits per heavy atom. The van der Waals surface area contributed by atoms with Crippen LogP contribution in [0.4, 0.5) is 5.69 Å². The van der Waals surface area contributed by atoms with Crippen molar-refractivity contribution < 1.29 is 4.74 Å². The molecule has 0 radical (unpaired) electrons. The summed E-state index contributed by atoms with van der Waals surface area (Å²) in [5.74, 6) is 3.09. The van der Waals surface area contributed by atoms with Gasteiger partial charge in [0.05, 0.1) is 19.2 Å². The van der Waals surface area contributed by atoms with Gasteiger partial charge in [-0.2, -0.15) is 11.8 Å². The maximum Gasteiger partial charge on any atom is 0.119 e. The van der Waals surface area contributed by atoms with Crippen molar-refractivity contribution in [3.8, 4) is 5.75 Å². The van der Waals surface area contributed by atoms with Gasteiger partial charge in [-0.05, 0) is 35.4 Å². The molecule has 1 aliphatic rings. The molecule has 4 rings (SSSR count). The van der Waals surface area contributed by atoms with Crippen molar-refractivity contribution in [1.29, 1.82) is 0 Å². The average molecular weight is 362 g/mol. The van der Waals surface area contributed by atoms with Crippen LogP contribution in [0.1, 0.15) is 23.2 Å². The molecule has 1 aliphatic heterocycles. The normalized spacial score (nSPS) is 20.0. The van der Waals surface area contributed by atoms with Crippen LogP contribution in [0, 0.1) is 0 Å². The number of methoxy groups -OCH3 is 1. The average Bonchev–Trinajstić information content (AvgIpc) is 2.74. The number of rotatable bonds is 4. The predicted octanol–water partition coefficient (Wildman–Crippen LogP) is 5.73. The topological polar surface area (TPSA) is 12.5 Å². The molecule has 1 saturated heterocycles. The van der Waals surface area contributed by atoms with Crippen molar-refractivity contribution in [2.45, 2.75) is 12.1 Å². The van der Waals surface area contributed by atoms with E-state index in [4.69, 9.17) is 4.74 Å². The van der Waals surface area contributed by atoms with Crippen LogP contribution in [-0.2, 0) is 0 Å². The molecule has 0 amide bonds. The van der Waals surface area contributed by atoms with Gasteiger partial charge in [-0.1, -0.05) is 60.7 Å². The lowest BCUT2D eigenvalue weighted by Crippen LogP contribution is -2.39. The molecule has 2 atom stereocenters. The first-order valence-electron chi connectivity index (χ1n) is 8.97. The Labute approximate surface area is 159 Å². The molecule has 1 fully saturated rings. The molecule has 0 aliphatic carbocycles. The summed E-state index contributed by atoms with van der Waals surface area (Å²) in [6.07, 6.45) is 0. The Morgan fingerprint density at radius 3 is 1.69 bits per heavy atom. The van der Waals surface area contributed by atoms with E-state index in [2.05, 4.69) is 89.8 Å². The zero-order valence-electron chi connectivity index (χ0n) is 14.9. The maximum atomic E-state index is 5.36. The van der Waals surface area contributed by atoms with Crippen LogP contribution < -0.4 is 9.64 Å². The lowest BCUT2D eigenvalue weighted by molar-refractivity contribution is 0.414. The summed E-state index contributed by atoms with van der Waals surface area (Å²) in [4.78, 5) is 2.58. The van der Waals surface area contributed by atoms with Gasteiger partial charge in [0.2, 0.25) is 0 Å². The molecule has 0 spiro atoms. The van der Waals surface area contributed by atoms with Gasteiger partial charge >= 0.3 is 0 Å². The Kier molecular flexibility index (Phi) is 5.16. The number of hydrogen-bond acceptors (Lipinski definition) is 3. The summed E-state index contributed by atoms with van der Waals surface area (Å²) in [5, 5.41) is 0. The van der Waals surface area contributed by atoms with Crippen LogP contribution in [-0.4, -0.2) is 18.6 Å². The zero-order valence-corrected chi connectivity index (χ0v) is 15.7. The Bertz CT molecular complexity index is 772. The quantitative estimate of drug-likeness (QED) is 0.589. The van der Waals surface area contributed by atoms with Gasteiger partial charge in [-0.3, -0.25) is 0 Å². The van der Waals surface area contributed by atoms with Crippen LogP contribution in [0.3, 0.4) is 0 Å². The molecule has 0 aromatic heterocycles. The number of benzene rings is 3. The highest BCUT2D eigenvalue weighted by Crippen LogP contribution is 2.43. The second kappa shape index (κ2) is 7.88. The molecule has 2 nitrogen and oxygen atoms in total. The Hall–Kier alpha value is -2.39. The van der Waals surface area contributed by atoms with Crippen molar-refractivity contribution in [3.05, 3.63) is 96.1 Å². The molecule has 0 bridgehead atoms. The van der Waals surface area contributed by atoms with Gasteiger partial charge in [-0.15, -0.1) is 0 Å². The molecular weight excluding hydrogens is 338 g/mol. The molecular formula is C23H23NOS. The van der Waals surface area contributed by atoms with E-state index in [1.54, 1.807) is 7.11 Å². The number of hydrogen-bond donors (Lipinski definition) is 0. The van der Waals surface area contributed by atoms with Crippen LogP contribution >= 0.6 is 11.8 Å². The molecule has 2 unspecified atom stereocenters. The Morgan fingerprint density at radius 2 is 1.23 bits per heavy atom. The lowest BCUT2D eigenvalue weighted by atomic mass is 9.99. The maximum absolute atomic E-state index is 5.36. The molecule has 0 saturated carbocycles. The zero-order chi connectivity index (χ0) is 17.8. The van der Waals surface area contributed by atoms with E-state index in [9.17, 15) is 0 Å². The molecule has 26 heavy (non-hydrogen) atoms. The van der Waals surface area contributed by atoms with E-state index in [1.807, 2.05) is 11.8 Å². The largest absolute Gasteiger partial charge is 0.497 e. The smallest absolute Gasteiger partial charge is 0.119 e. The third-order valence-electron chi connectivity index (χ3n) is 4.96. The number of ether oxygens (including phenoxy) is 1. The minimum Gasteiger partial charge on any atom is -0.497 e. The number of nitrogens with zero attached hydrogens (tertiary/aromatic N) is 1. The van der Waals surface area contributed by atoms with Crippen LogP contribution in [0.2, 0.25) is 0 Å². The van der Waals surface area contributed by atoms with Gasteiger partial charge in [0.1, 0.15) is 5.75 Å². The predicted molar refractivity (Wildman–Crippen MR) is 111 cm³/mol.